The van der Waals surface area contributed by atoms with Crippen molar-refractivity contribution in [3.8, 4) is 0 Å². The van der Waals surface area contributed by atoms with Crippen LogP contribution in [0.15, 0.2) is 29.2 Å². The summed E-state index contributed by atoms with van der Waals surface area (Å²) in [5.41, 5.74) is 6.53. The monoisotopic (exact) mass is 304 g/mol. The first kappa shape index (κ1) is 15.2. The Kier molecular flexibility index (Phi) is 4.29. The van der Waals surface area contributed by atoms with Gasteiger partial charge in [0.15, 0.2) is 0 Å². The average molecular weight is 304 g/mol. The summed E-state index contributed by atoms with van der Waals surface area (Å²) >= 11 is 0. The van der Waals surface area contributed by atoms with Crippen LogP contribution >= 0.6 is 0 Å². The van der Waals surface area contributed by atoms with E-state index in [-0.39, 0.29) is 10.3 Å². The Morgan fingerprint density at radius 1 is 1.25 bits per heavy atom. The standard InChI is InChI=1S/C13H18F2N2O2S/c14-12(15)20(18,19)11-3-1-10(2-4-11)17-9-13(5-6-13)7-8-16/h1-4,12,17H,5-9,16H2. The van der Waals surface area contributed by atoms with Crippen LogP contribution in [-0.2, 0) is 9.84 Å². The Morgan fingerprint density at radius 2 is 1.85 bits per heavy atom. The van der Waals surface area contributed by atoms with Gasteiger partial charge in [0.1, 0.15) is 0 Å². The van der Waals surface area contributed by atoms with E-state index >= 15 is 0 Å². The Hall–Kier alpha value is -1.21. The molecule has 1 fully saturated rings. The largest absolute Gasteiger partial charge is 0.384 e. The molecular weight excluding hydrogens is 286 g/mol. The van der Waals surface area contributed by atoms with Crippen LogP contribution in [-0.4, -0.2) is 27.3 Å². The SMILES string of the molecule is NCCC1(CNc2ccc(S(=O)(=O)C(F)F)cc2)CC1. The Labute approximate surface area is 117 Å². The van der Waals surface area contributed by atoms with Gasteiger partial charge in [0.2, 0.25) is 9.84 Å². The van der Waals surface area contributed by atoms with E-state index in [0.717, 1.165) is 31.5 Å². The van der Waals surface area contributed by atoms with Gasteiger partial charge in [0.25, 0.3) is 0 Å². The first-order valence-corrected chi connectivity index (χ1v) is 8.00. The van der Waals surface area contributed by atoms with Crippen molar-refractivity contribution in [2.75, 3.05) is 18.4 Å². The molecule has 0 saturated heterocycles. The lowest BCUT2D eigenvalue weighted by atomic mass is 10.0. The van der Waals surface area contributed by atoms with Crippen molar-refractivity contribution in [1.82, 2.24) is 0 Å². The zero-order valence-corrected chi connectivity index (χ0v) is 11.8. The molecule has 0 heterocycles. The second kappa shape index (κ2) is 5.65. The number of anilines is 1. The van der Waals surface area contributed by atoms with Gasteiger partial charge in [0, 0.05) is 12.2 Å². The van der Waals surface area contributed by atoms with Gasteiger partial charge in [-0.1, -0.05) is 0 Å². The minimum absolute atomic E-state index is 0.252. The third-order valence-corrected chi connectivity index (χ3v) is 5.12. The van der Waals surface area contributed by atoms with E-state index in [0.29, 0.717) is 6.54 Å². The van der Waals surface area contributed by atoms with Gasteiger partial charge in [-0.15, -0.1) is 0 Å². The van der Waals surface area contributed by atoms with Crippen molar-refractivity contribution in [3.63, 3.8) is 0 Å². The van der Waals surface area contributed by atoms with E-state index in [9.17, 15) is 17.2 Å². The van der Waals surface area contributed by atoms with Crippen LogP contribution in [0.2, 0.25) is 0 Å². The van der Waals surface area contributed by atoms with Gasteiger partial charge in [0.05, 0.1) is 4.90 Å². The molecule has 7 heteroatoms. The van der Waals surface area contributed by atoms with Gasteiger partial charge in [-0.3, -0.25) is 0 Å². The Balaban J connectivity index is 1.99. The fourth-order valence-corrected chi connectivity index (χ4v) is 2.87. The summed E-state index contributed by atoms with van der Waals surface area (Å²) in [7, 11) is -4.51. The van der Waals surface area contributed by atoms with Crippen molar-refractivity contribution in [1.29, 1.82) is 0 Å². The second-order valence-electron chi connectivity index (χ2n) is 5.22. The Bertz CT molecular complexity index is 554. The van der Waals surface area contributed by atoms with E-state index in [1.807, 2.05) is 0 Å². The third kappa shape index (κ3) is 3.27. The highest BCUT2D eigenvalue weighted by atomic mass is 32.2. The maximum Gasteiger partial charge on any atom is 0.341 e. The van der Waals surface area contributed by atoms with Crippen LogP contribution < -0.4 is 11.1 Å². The summed E-state index contributed by atoms with van der Waals surface area (Å²) in [4.78, 5) is -0.360. The van der Waals surface area contributed by atoms with Crippen LogP contribution in [0.3, 0.4) is 0 Å². The van der Waals surface area contributed by atoms with Gasteiger partial charge in [-0.05, 0) is 55.5 Å². The molecule has 1 aromatic carbocycles. The lowest BCUT2D eigenvalue weighted by Gasteiger charge is -2.16. The van der Waals surface area contributed by atoms with E-state index in [1.54, 1.807) is 0 Å². The van der Waals surface area contributed by atoms with E-state index in [4.69, 9.17) is 5.73 Å². The molecule has 4 nitrogen and oxygen atoms in total. The first-order valence-electron chi connectivity index (χ1n) is 6.46. The topological polar surface area (TPSA) is 72.2 Å². The van der Waals surface area contributed by atoms with E-state index < -0.39 is 15.6 Å². The number of rotatable bonds is 7. The van der Waals surface area contributed by atoms with Gasteiger partial charge in [-0.2, -0.15) is 8.78 Å². The highest BCUT2D eigenvalue weighted by Gasteiger charge is 2.41. The molecule has 1 aromatic rings. The molecule has 2 rings (SSSR count). The molecule has 0 radical (unpaired) electrons. The second-order valence-corrected chi connectivity index (χ2v) is 7.14. The van der Waals surface area contributed by atoms with Crippen LogP contribution in [0.1, 0.15) is 19.3 Å². The number of benzene rings is 1. The molecule has 1 saturated carbocycles. The molecule has 0 unspecified atom stereocenters. The number of halogens is 2. The smallest absolute Gasteiger partial charge is 0.341 e. The maximum absolute atomic E-state index is 12.4. The summed E-state index contributed by atoms with van der Waals surface area (Å²) in [6.07, 6.45) is 3.22. The average Bonchev–Trinajstić information content (AvgIpc) is 3.17. The normalized spacial score (nSPS) is 17.2. The van der Waals surface area contributed by atoms with Crippen LogP contribution in [0.4, 0.5) is 14.5 Å². The molecular formula is C13H18F2N2O2S. The van der Waals surface area contributed by atoms with Crippen LogP contribution in [0.25, 0.3) is 0 Å². The van der Waals surface area contributed by atoms with Crippen molar-refractivity contribution in [2.45, 2.75) is 29.9 Å². The fourth-order valence-electron chi connectivity index (χ4n) is 2.15. The van der Waals surface area contributed by atoms with E-state index in [1.165, 1.54) is 24.3 Å². The minimum atomic E-state index is -4.51. The number of nitrogens with one attached hydrogen (secondary N) is 1. The number of alkyl halides is 2. The van der Waals surface area contributed by atoms with Crippen LogP contribution in [0, 0.1) is 5.41 Å². The summed E-state index contributed by atoms with van der Waals surface area (Å²) in [6.45, 7) is 1.42. The highest BCUT2D eigenvalue weighted by Crippen LogP contribution is 2.48. The maximum atomic E-state index is 12.4. The molecule has 1 aliphatic carbocycles. The number of hydrogen-bond acceptors (Lipinski definition) is 4. The third-order valence-electron chi connectivity index (χ3n) is 3.72. The van der Waals surface area contributed by atoms with Crippen molar-refractivity contribution in [2.24, 2.45) is 11.1 Å². The molecule has 0 aromatic heterocycles. The van der Waals surface area contributed by atoms with Gasteiger partial charge < -0.3 is 11.1 Å². The molecule has 112 valence electrons. The number of hydrogen-bond donors (Lipinski definition) is 2. The molecule has 0 bridgehead atoms. The molecule has 1 aliphatic rings. The van der Waals surface area contributed by atoms with Crippen molar-refractivity contribution >= 4 is 15.5 Å². The molecule has 0 atom stereocenters. The summed E-state index contributed by atoms with van der Waals surface area (Å²) < 4.78 is 47.3. The van der Waals surface area contributed by atoms with E-state index in [2.05, 4.69) is 5.32 Å². The predicted octanol–water partition coefficient (Wildman–Crippen LogP) is 2.22. The number of nitrogens with two attached hydrogens (primary N) is 1. The first-order chi connectivity index (χ1) is 9.39. The minimum Gasteiger partial charge on any atom is -0.384 e. The zero-order valence-electron chi connectivity index (χ0n) is 11.0. The predicted molar refractivity (Wildman–Crippen MR) is 73.5 cm³/mol. The molecule has 20 heavy (non-hydrogen) atoms. The quantitative estimate of drug-likeness (QED) is 0.810. The number of sulfone groups is 1. The summed E-state index contributed by atoms with van der Waals surface area (Å²) in [5.74, 6) is -3.39. The lowest BCUT2D eigenvalue weighted by Crippen LogP contribution is -2.19. The summed E-state index contributed by atoms with van der Waals surface area (Å²) in [5, 5.41) is 3.20. The molecule has 0 spiro atoms. The molecule has 3 N–H and O–H groups in total. The van der Waals surface area contributed by atoms with Crippen LogP contribution in [0.5, 0.6) is 0 Å². The summed E-state index contributed by atoms with van der Waals surface area (Å²) in [6, 6.07) is 5.42. The fraction of sp³-hybridized carbons (Fsp3) is 0.538. The zero-order chi connectivity index (χ0) is 14.8. The van der Waals surface area contributed by atoms with Crippen molar-refractivity contribution < 1.29 is 17.2 Å². The molecule has 0 amide bonds. The van der Waals surface area contributed by atoms with Crippen molar-refractivity contribution in [3.05, 3.63) is 24.3 Å². The molecule has 0 aliphatic heterocycles. The highest BCUT2D eigenvalue weighted by molar-refractivity contribution is 7.91. The van der Waals surface area contributed by atoms with Gasteiger partial charge in [-0.25, -0.2) is 8.42 Å². The van der Waals surface area contributed by atoms with Gasteiger partial charge >= 0.3 is 5.76 Å². The Morgan fingerprint density at radius 3 is 2.30 bits per heavy atom. The lowest BCUT2D eigenvalue weighted by molar-refractivity contribution is 0.234.